The van der Waals surface area contributed by atoms with Crippen LogP contribution in [0.5, 0.6) is 0 Å². The molecule has 0 atom stereocenters. The summed E-state index contributed by atoms with van der Waals surface area (Å²) in [4.78, 5) is -1.10. The highest BCUT2D eigenvalue weighted by Crippen LogP contribution is 2.38. The lowest BCUT2D eigenvalue weighted by molar-refractivity contribution is -0.139. The summed E-state index contributed by atoms with van der Waals surface area (Å²) < 4.78 is 95.1. The molecule has 2 aromatic rings. The number of nitrogens with zero attached hydrogens (tertiary/aromatic N) is 1. The zero-order valence-electron chi connectivity index (χ0n) is 19.3. The van der Waals surface area contributed by atoms with Crippen molar-refractivity contribution in [2.75, 3.05) is 0 Å². The Labute approximate surface area is 198 Å². The predicted octanol–water partition coefficient (Wildman–Crippen LogP) is 4.48. The van der Waals surface area contributed by atoms with Gasteiger partial charge in [0.15, 0.2) is 0 Å². The number of halogens is 3. The molecule has 12 heteroatoms. The molecule has 3 rings (SSSR count). The fraction of sp³-hybridized carbons (Fsp3) is 0.545. The molecule has 1 fully saturated rings. The summed E-state index contributed by atoms with van der Waals surface area (Å²) in [6.07, 6.45) is 1.44. The Morgan fingerprint density at radius 3 is 2.18 bits per heavy atom. The van der Waals surface area contributed by atoms with Crippen molar-refractivity contribution in [3.8, 4) is 11.3 Å². The van der Waals surface area contributed by atoms with Gasteiger partial charge in [-0.1, -0.05) is 25.3 Å². The van der Waals surface area contributed by atoms with Crippen molar-refractivity contribution in [1.29, 1.82) is 0 Å². The number of sulfonamides is 2. The zero-order valence-corrected chi connectivity index (χ0v) is 20.9. The summed E-state index contributed by atoms with van der Waals surface area (Å²) in [6, 6.07) is 4.14. The van der Waals surface area contributed by atoms with Crippen molar-refractivity contribution in [2.45, 2.75) is 80.9 Å². The molecule has 0 amide bonds. The van der Waals surface area contributed by atoms with Crippen LogP contribution >= 0.6 is 0 Å². The van der Waals surface area contributed by atoms with Crippen LogP contribution in [0.25, 0.3) is 11.3 Å². The van der Waals surface area contributed by atoms with Crippen LogP contribution in [-0.2, 0) is 32.8 Å². The van der Waals surface area contributed by atoms with Crippen molar-refractivity contribution in [3.05, 3.63) is 36.0 Å². The molecule has 0 aliphatic heterocycles. The van der Waals surface area contributed by atoms with Gasteiger partial charge in [0.05, 0.1) is 10.5 Å². The number of rotatable bonds is 6. The molecule has 0 unspecified atom stereocenters. The number of hydrogen-bond acceptors (Lipinski definition) is 4. The lowest BCUT2D eigenvalue weighted by Crippen LogP contribution is -2.41. The van der Waals surface area contributed by atoms with E-state index in [9.17, 15) is 30.0 Å². The maximum absolute atomic E-state index is 14.0. The van der Waals surface area contributed by atoms with E-state index in [0.717, 1.165) is 44.2 Å². The van der Waals surface area contributed by atoms with E-state index in [1.54, 1.807) is 4.57 Å². The van der Waals surface area contributed by atoms with E-state index in [1.807, 2.05) is 0 Å². The number of nitrogens with one attached hydrogen (secondary N) is 1. The molecule has 1 aromatic carbocycles. The molecular weight excluding hydrogens is 491 g/mol. The van der Waals surface area contributed by atoms with Crippen LogP contribution in [-0.4, -0.2) is 26.9 Å². The van der Waals surface area contributed by atoms with Gasteiger partial charge < -0.3 is 4.57 Å². The van der Waals surface area contributed by atoms with Crippen molar-refractivity contribution in [3.63, 3.8) is 0 Å². The lowest BCUT2D eigenvalue weighted by atomic mass is 9.89. The Kier molecular flexibility index (Phi) is 7.30. The standard InChI is InChI=1S/C22H30F3N3O4S2/c1-21(2,3)27-34(31,32)20-10-9-16(11-18(20)22(23,24)25)19-12-17(33(26,29)30)14-28(19)13-15-7-5-4-6-8-15/h9-12,14-15,27H,4-8,13H2,1-3H3,(H2,26,29,30). The topological polar surface area (TPSA) is 111 Å². The Morgan fingerprint density at radius 2 is 1.65 bits per heavy atom. The molecule has 1 saturated carbocycles. The number of nitrogens with two attached hydrogens (primary N) is 1. The summed E-state index contributed by atoms with van der Waals surface area (Å²) in [6.45, 7) is 5.01. The predicted molar refractivity (Wildman–Crippen MR) is 123 cm³/mol. The number of alkyl halides is 3. The highest BCUT2D eigenvalue weighted by Gasteiger charge is 2.38. The van der Waals surface area contributed by atoms with E-state index in [0.29, 0.717) is 6.54 Å². The molecule has 190 valence electrons. The maximum atomic E-state index is 14.0. The van der Waals surface area contributed by atoms with Crippen LogP contribution in [0, 0.1) is 5.92 Å². The molecule has 7 nitrogen and oxygen atoms in total. The monoisotopic (exact) mass is 521 g/mol. The lowest BCUT2D eigenvalue weighted by Gasteiger charge is -2.24. The minimum Gasteiger partial charge on any atom is -0.346 e. The van der Waals surface area contributed by atoms with Gasteiger partial charge in [-0.3, -0.25) is 0 Å². The Bertz CT molecular complexity index is 1260. The van der Waals surface area contributed by atoms with E-state index in [1.165, 1.54) is 39.1 Å². The second-order valence-corrected chi connectivity index (χ2v) is 13.0. The van der Waals surface area contributed by atoms with Gasteiger partial charge in [0, 0.05) is 24.0 Å². The second-order valence-electron chi connectivity index (χ2n) is 9.83. The van der Waals surface area contributed by atoms with Gasteiger partial charge in [0.2, 0.25) is 20.0 Å². The third kappa shape index (κ3) is 6.41. The van der Waals surface area contributed by atoms with Gasteiger partial charge in [0.25, 0.3) is 0 Å². The molecular formula is C22H30F3N3O4S2. The largest absolute Gasteiger partial charge is 0.417 e. The van der Waals surface area contributed by atoms with Crippen LogP contribution in [0.4, 0.5) is 13.2 Å². The van der Waals surface area contributed by atoms with Gasteiger partial charge in [-0.15, -0.1) is 0 Å². The number of primary sulfonamides is 1. The van der Waals surface area contributed by atoms with Gasteiger partial charge in [-0.25, -0.2) is 26.7 Å². The van der Waals surface area contributed by atoms with Crippen LogP contribution in [0.1, 0.15) is 58.4 Å². The quantitative estimate of drug-likeness (QED) is 0.584. The summed E-state index contributed by atoms with van der Waals surface area (Å²) in [7, 11) is -8.57. The van der Waals surface area contributed by atoms with Crippen molar-refractivity contribution < 1.29 is 30.0 Å². The summed E-state index contributed by atoms with van der Waals surface area (Å²) in [5.74, 6) is 0.256. The Hall–Kier alpha value is -1.89. The van der Waals surface area contributed by atoms with Gasteiger partial charge in [-0.05, 0) is 63.3 Å². The maximum Gasteiger partial charge on any atom is 0.417 e. The summed E-state index contributed by atoms with van der Waals surface area (Å²) >= 11 is 0. The Morgan fingerprint density at radius 1 is 1.03 bits per heavy atom. The first kappa shape index (κ1) is 26.7. The molecule has 0 bridgehead atoms. The van der Waals surface area contributed by atoms with E-state index in [2.05, 4.69) is 4.72 Å². The molecule has 1 heterocycles. The minimum absolute atomic E-state index is 0.0488. The fourth-order valence-electron chi connectivity index (χ4n) is 4.28. The van der Waals surface area contributed by atoms with Gasteiger partial charge >= 0.3 is 6.18 Å². The average molecular weight is 522 g/mol. The second kappa shape index (κ2) is 9.29. The van der Waals surface area contributed by atoms with Crippen LogP contribution in [0.15, 0.2) is 40.3 Å². The highest BCUT2D eigenvalue weighted by molar-refractivity contribution is 7.89. The van der Waals surface area contributed by atoms with E-state index >= 15 is 0 Å². The molecule has 34 heavy (non-hydrogen) atoms. The number of benzene rings is 1. The molecule has 1 aliphatic rings. The fourth-order valence-corrected chi connectivity index (χ4v) is 6.46. The molecule has 1 aliphatic carbocycles. The molecule has 0 spiro atoms. The average Bonchev–Trinajstić information content (AvgIpc) is 3.10. The summed E-state index contributed by atoms with van der Waals surface area (Å²) in [5, 5.41) is 5.28. The van der Waals surface area contributed by atoms with E-state index in [4.69, 9.17) is 5.14 Å². The molecule has 0 radical (unpaired) electrons. The number of aromatic nitrogens is 1. The van der Waals surface area contributed by atoms with Crippen LogP contribution in [0.2, 0.25) is 0 Å². The van der Waals surface area contributed by atoms with Crippen molar-refractivity contribution in [1.82, 2.24) is 9.29 Å². The summed E-state index contributed by atoms with van der Waals surface area (Å²) in [5.41, 5.74) is -2.04. The first-order chi connectivity index (χ1) is 15.5. The molecule has 3 N–H and O–H groups in total. The van der Waals surface area contributed by atoms with Crippen LogP contribution < -0.4 is 9.86 Å². The van der Waals surface area contributed by atoms with E-state index in [-0.39, 0.29) is 22.1 Å². The third-order valence-electron chi connectivity index (χ3n) is 5.69. The van der Waals surface area contributed by atoms with Crippen LogP contribution in [0.3, 0.4) is 0 Å². The smallest absolute Gasteiger partial charge is 0.346 e. The number of hydrogen-bond donors (Lipinski definition) is 2. The highest BCUT2D eigenvalue weighted by atomic mass is 32.2. The van der Waals surface area contributed by atoms with Crippen molar-refractivity contribution in [2.24, 2.45) is 11.1 Å². The third-order valence-corrected chi connectivity index (χ3v) is 8.39. The normalized spacial score (nSPS) is 16.7. The SMILES string of the molecule is CC(C)(C)NS(=O)(=O)c1ccc(-c2cc(S(N)(=O)=O)cn2CC2CCCCC2)cc1C(F)(F)F. The van der Waals surface area contributed by atoms with Crippen molar-refractivity contribution >= 4 is 20.0 Å². The van der Waals surface area contributed by atoms with Gasteiger partial charge in [0.1, 0.15) is 4.90 Å². The van der Waals surface area contributed by atoms with Gasteiger partial charge in [-0.2, -0.15) is 13.2 Å². The first-order valence-electron chi connectivity index (χ1n) is 11.0. The molecule has 0 saturated heterocycles. The Balaban J connectivity index is 2.14. The van der Waals surface area contributed by atoms with E-state index < -0.39 is 42.2 Å². The zero-order chi connectivity index (χ0) is 25.5. The molecule has 1 aromatic heterocycles. The first-order valence-corrected chi connectivity index (χ1v) is 14.0. The minimum atomic E-state index is -4.96.